The van der Waals surface area contributed by atoms with E-state index in [0.29, 0.717) is 12.2 Å². The second-order valence-electron chi connectivity index (χ2n) is 5.87. The first-order valence-corrected chi connectivity index (χ1v) is 8.01. The fourth-order valence-corrected chi connectivity index (χ4v) is 3.36. The Morgan fingerprint density at radius 1 is 1.12 bits per heavy atom. The minimum Gasteiger partial charge on any atom is -0.491 e. The molecule has 1 aromatic heterocycles. The highest BCUT2D eigenvalue weighted by Crippen LogP contribution is 2.43. The van der Waals surface area contributed by atoms with E-state index in [1.165, 1.54) is 0 Å². The average molecular weight is 322 g/mol. The molecule has 0 saturated heterocycles. The molecule has 0 aliphatic carbocycles. The van der Waals surface area contributed by atoms with Gasteiger partial charge in [0.1, 0.15) is 12.4 Å². The number of rotatable bonds is 4. The quantitative estimate of drug-likeness (QED) is 0.691. The van der Waals surface area contributed by atoms with E-state index in [1.54, 1.807) is 0 Å². The van der Waals surface area contributed by atoms with Crippen LogP contribution >= 0.6 is 0 Å². The molecular formula is C19H18N2O3. The van der Waals surface area contributed by atoms with Crippen LogP contribution in [0.3, 0.4) is 0 Å². The first kappa shape index (κ1) is 14.8. The standard InChI is InChI=1S/C19H18N2O3/c22-9-10-24-16-8-4-2-5-12(16)14-11-17(23)21-18-13-6-1-3-7-15(13)20-19(14)18/h1-8,14,20,22H,9-11H2,(H,21,23). The van der Waals surface area contributed by atoms with Gasteiger partial charge in [-0.2, -0.15) is 0 Å². The van der Waals surface area contributed by atoms with Gasteiger partial charge in [-0.3, -0.25) is 4.79 Å². The monoisotopic (exact) mass is 322 g/mol. The highest BCUT2D eigenvalue weighted by Gasteiger charge is 2.31. The Morgan fingerprint density at radius 3 is 2.79 bits per heavy atom. The number of aromatic amines is 1. The third kappa shape index (κ3) is 2.43. The van der Waals surface area contributed by atoms with Crippen LogP contribution < -0.4 is 10.1 Å². The van der Waals surface area contributed by atoms with Crippen molar-refractivity contribution in [3.8, 4) is 5.75 Å². The molecule has 0 fully saturated rings. The summed E-state index contributed by atoms with van der Waals surface area (Å²) in [7, 11) is 0. The number of para-hydroxylation sites is 2. The summed E-state index contributed by atoms with van der Waals surface area (Å²) in [5, 5.41) is 13.0. The molecule has 1 unspecified atom stereocenters. The Labute approximate surface area is 139 Å². The van der Waals surface area contributed by atoms with Gasteiger partial charge in [0.05, 0.1) is 12.3 Å². The number of anilines is 1. The average Bonchev–Trinajstić information content (AvgIpc) is 2.98. The zero-order valence-corrected chi connectivity index (χ0v) is 13.1. The predicted octanol–water partition coefficient (Wildman–Crippen LogP) is 3.01. The van der Waals surface area contributed by atoms with Gasteiger partial charge in [0.25, 0.3) is 0 Å². The molecule has 0 radical (unpaired) electrons. The molecule has 4 rings (SSSR count). The first-order chi connectivity index (χ1) is 11.8. The van der Waals surface area contributed by atoms with E-state index >= 15 is 0 Å². The second-order valence-corrected chi connectivity index (χ2v) is 5.87. The summed E-state index contributed by atoms with van der Waals surface area (Å²) in [5.74, 6) is 0.598. The minimum atomic E-state index is -0.101. The maximum absolute atomic E-state index is 12.3. The number of aliphatic hydroxyl groups excluding tert-OH is 1. The van der Waals surface area contributed by atoms with Crippen LogP contribution in [0.2, 0.25) is 0 Å². The zero-order chi connectivity index (χ0) is 16.5. The van der Waals surface area contributed by atoms with Crippen molar-refractivity contribution in [3.05, 3.63) is 59.8 Å². The lowest BCUT2D eigenvalue weighted by molar-refractivity contribution is -0.116. The van der Waals surface area contributed by atoms with Gasteiger partial charge in [-0.1, -0.05) is 36.4 Å². The number of aromatic nitrogens is 1. The summed E-state index contributed by atoms with van der Waals surface area (Å²) in [6.45, 7) is 0.187. The van der Waals surface area contributed by atoms with Crippen molar-refractivity contribution in [1.82, 2.24) is 4.98 Å². The number of fused-ring (bicyclic) bond motifs is 3. The van der Waals surface area contributed by atoms with Crippen LogP contribution in [0.4, 0.5) is 5.69 Å². The SMILES string of the molecule is O=C1CC(c2ccccc2OCCO)c2[nH]c3ccccc3c2N1. The van der Waals surface area contributed by atoms with Gasteiger partial charge in [-0.05, 0) is 12.1 Å². The van der Waals surface area contributed by atoms with Crippen LogP contribution in [-0.4, -0.2) is 29.2 Å². The molecule has 5 nitrogen and oxygen atoms in total. The van der Waals surface area contributed by atoms with Gasteiger partial charge in [0.2, 0.25) is 5.91 Å². The minimum absolute atomic E-state index is 0.00536. The highest BCUT2D eigenvalue weighted by molar-refractivity contribution is 6.06. The van der Waals surface area contributed by atoms with Crippen molar-refractivity contribution in [2.45, 2.75) is 12.3 Å². The molecule has 3 aromatic rings. The normalized spacial score (nSPS) is 16.7. The third-order valence-electron chi connectivity index (χ3n) is 4.38. The maximum atomic E-state index is 12.3. The number of hydrogen-bond acceptors (Lipinski definition) is 3. The van der Waals surface area contributed by atoms with E-state index in [0.717, 1.165) is 27.8 Å². The van der Waals surface area contributed by atoms with Gasteiger partial charge in [0, 0.05) is 34.5 Å². The van der Waals surface area contributed by atoms with E-state index in [4.69, 9.17) is 9.84 Å². The Balaban J connectivity index is 1.85. The largest absolute Gasteiger partial charge is 0.491 e. The van der Waals surface area contributed by atoms with Crippen LogP contribution in [-0.2, 0) is 4.79 Å². The maximum Gasteiger partial charge on any atom is 0.225 e. The molecule has 3 N–H and O–H groups in total. The number of carbonyl (C=O) groups excluding carboxylic acids is 1. The number of benzene rings is 2. The number of nitrogens with one attached hydrogen (secondary N) is 2. The molecule has 1 atom stereocenters. The second kappa shape index (κ2) is 6.02. The fourth-order valence-electron chi connectivity index (χ4n) is 3.36. The number of ether oxygens (including phenoxy) is 1. The summed E-state index contributed by atoms with van der Waals surface area (Å²) in [5.41, 5.74) is 3.80. The Hall–Kier alpha value is -2.79. The molecule has 24 heavy (non-hydrogen) atoms. The summed E-state index contributed by atoms with van der Waals surface area (Å²) < 4.78 is 5.67. The fraction of sp³-hybridized carbons (Fsp3) is 0.211. The van der Waals surface area contributed by atoms with Crippen molar-refractivity contribution >= 4 is 22.5 Å². The van der Waals surface area contributed by atoms with Crippen molar-refractivity contribution in [2.24, 2.45) is 0 Å². The Kier molecular flexibility index (Phi) is 3.70. The smallest absolute Gasteiger partial charge is 0.225 e. The van der Waals surface area contributed by atoms with Gasteiger partial charge >= 0.3 is 0 Å². The molecule has 0 spiro atoms. The molecular weight excluding hydrogens is 304 g/mol. The third-order valence-corrected chi connectivity index (χ3v) is 4.38. The first-order valence-electron chi connectivity index (χ1n) is 8.01. The van der Waals surface area contributed by atoms with Crippen LogP contribution in [0.5, 0.6) is 5.75 Å². The number of H-pyrrole nitrogens is 1. The van der Waals surface area contributed by atoms with Crippen LogP contribution in [0, 0.1) is 0 Å². The number of carbonyl (C=O) groups is 1. The molecule has 122 valence electrons. The molecule has 1 aliphatic heterocycles. The number of aliphatic hydroxyl groups is 1. The summed E-state index contributed by atoms with van der Waals surface area (Å²) in [6.07, 6.45) is 0.360. The van der Waals surface area contributed by atoms with Crippen molar-refractivity contribution in [2.75, 3.05) is 18.5 Å². The number of amides is 1. The Morgan fingerprint density at radius 2 is 1.92 bits per heavy atom. The highest BCUT2D eigenvalue weighted by atomic mass is 16.5. The molecule has 0 bridgehead atoms. The molecule has 1 aliphatic rings. The molecule has 0 saturated carbocycles. The van der Waals surface area contributed by atoms with Crippen molar-refractivity contribution in [3.63, 3.8) is 0 Å². The van der Waals surface area contributed by atoms with Gasteiger partial charge < -0.3 is 20.1 Å². The van der Waals surface area contributed by atoms with Gasteiger partial charge in [-0.15, -0.1) is 0 Å². The Bertz CT molecular complexity index is 901. The lowest BCUT2D eigenvalue weighted by Crippen LogP contribution is -2.23. The summed E-state index contributed by atoms with van der Waals surface area (Å²) in [6, 6.07) is 15.6. The van der Waals surface area contributed by atoms with Gasteiger partial charge in [-0.25, -0.2) is 0 Å². The summed E-state index contributed by atoms with van der Waals surface area (Å²) in [4.78, 5) is 15.7. The number of hydrogen-bond donors (Lipinski definition) is 3. The molecule has 1 amide bonds. The predicted molar refractivity (Wildman–Crippen MR) is 92.4 cm³/mol. The van der Waals surface area contributed by atoms with Gasteiger partial charge in [0.15, 0.2) is 0 Å². The molecule has 5 heteroatoms. The summed E-state index contributed by atoms with van der Waals surface area (Å²) >= 11 is 0. The van der Waals surface area contributed by atoms with Crippen LogP contribution in [0.15, 0.2) is 48.5 Å². The lowest BCUT2D eigenvalue weighted by atomic mass is 9.88. The van der Waals surface area contributed by atoms with E-state index in [-0.39, 0.29) is 25.0 Å². The molecule has 2 heterocycles. The van der Waals surface area contributed by atoms with Crippen LogP contribution in [0.25, 0.3) is 10.9 Å². The zero-order valence-electron chi connectivity index (χ0n) is 13.1. The van der Waals surface area contributed by atoms with Crippen LogP contribution in [0.1, 0.15) is 23.6 Å². The molecule has 2 aromatic carbocycles. The van der Waals surface area contributed by atoms with E-state index in [1.807, 2.05) is 48.5 Å². The van der Waals surface area contributed by atoms with E-state index in [9.17, 15) is 4.79 Å². The lowest BCUT2D eigenvalue weighted by Gasteiger charge is -2.25. The van der Waals surface area contributed by atoms with Crippen molar-refractivity contribution in [1.29, 1.82) is 0 Å². The van der Waals surface area contributed by atoms with E-state index in [2.05, 4.69) is 10.3 Å². The van der Waals surface area contributed by atoms with Crippen molar-refractivity contribution < 1.29 is 14.6 Å². The van der Waals surface area contributed by atoms with E-state index < -0.39 is 0 Å². The topological polar surface area (TPSA) is 74.3 Å².